The van der Waals surface area contributed by atoms with E-state index in [-0.39, 0.29) is 30.2 Å². The maximum absolute atomic E-state index is 13.2. The van der Waals surface area contributed by atoms with Gasteiger partial charge in [0.05, 0.1) is 67.6 Å². The van der Waals surface area contributed by atoms with E-state index < -0.39 is 29.1 Å². The summed E-state index contributed by atoms with van der Waals surface area (Å²) >= 11 is 0. The van der Waals surface area contributed by atoms with Crippen LogP contribution in [0.15, 0.2) is 63.8 Å². The lowest BCUT2D eigenvalue weighted by atomic mass is 9.87. The zero-order valence-corrected chi connectivity index (χ0v) is 27.7. The summed E-state index contributed by atoms with van der Waals surface area (Å²) in [5.41, 5.74) is 2.56. The molecule has 254 valence electrons. The van der Waals surface area contributed by atoms with Crippen LogP contribution in [0.25, 0.3) is 0 Å². The van der Waals surface area contributed by atoms with E-state index in [9.17, 15) is 19.8 Å². The number of rotatable bonds is 12. The van der Waals surface area contributed by atoms with Crippen LogP contribution in [-0.4, -0.2) is 70.3 Å². The van der Waals surface area contributed by atoms with E-state index >= 15 is 0 Å². The number of esters is 1. The average Bonchev–Trinajstić information content (AvgIpc) is 3.10. The number of hydrogen-bond acceptors (Lipinski definition) is 12. The van der Waals surface area contributed by atoms with E-state index in [1.807, 2.05) is 24.3 Å². The van der Waals surface area contributed by atoms with Gasteiger partial charge < -0.3 is 43.1 Å². The Labute approximate surface area is 277 Å². The second-order valence-electron chi connectivity index (χ2n) is 11.2. The third-order valence-corrected chi connectivity index (χ3v) is 8.52. The molecule has 2 N–H and O–H groups in total. The summed E-state index contributed by atoms with van der Waals surface area (Å²) in [6.45, 7) is 0.685. The predicted octanol–water partition coefficient (Wildman–Crippen LogP) is 4.94. The number of aromatic hydroxyl groups is 2. The summed E-state index contributed by atoms with van der Waals surface area (Å²) < 4.78 is 39.4. The monoisotopic (exact) mass is 661 g/mol. The zero-order chi connectivity index (χ0) is 34.5. The topological polar surface area (TPSA) is 146 Å². The fraction of sp³-hybridized carbons (Fsp3) is 0.333. The highest BCUT2D eigenvalue weighted by Crippen LogP contribution is 2.46. The zero-order valence-electron chi connectivity index (χ0n) is 27.7. The number of phenolic OH excluding ortho intramolecular Hbond substituents is 1. The Morgan fingerprint density at radius 3 is 2.15 bits per heavy atom. The Hall–Kier alpha value is -5.36. The van der Waals surface area contributed by atoms with Crippen LogP contribution in [0, 0.1) is 0 Å². The van der Waals surface area contributed by atoms with Crippen LogP contribution in [0.2, 0.25) is 0 Å². The van der Waals surface area contributed by atoms with Gasteiger partial charge in [-0.05, 0) is 65.1 Å². The number of phenols is 1. The summed E-state index contributed by atoms with van der Waals surface area (Å²) in [6.07, 6.45) is 0.396. The number of benzene rings is 3. The number of hydrogen-bond donors (Lipinski definition) is 2. The van der Waals surface area contributed by atoms with Gasteiger partial charge in [0.15, 0.2) is 28.8 Å². The van der Waals surface area contributed by atoms with E-state index in [0.29, 0.717) is 47.3 Å². The van der Waals surface area contributed by atoms with Gasteiger partial charge in [0.25, 0.3) is 0 Å². The molecule has 48 heavy (non-hydrogen) atoms. The predicted molar refractivity (Wildman–Crippen MR) is 175 cm³/mol. The Morgan fingerprint density at radius 2 is 1.54 bits per heavy atom. The molecule has 2 atom stereocenters. The molecule has 3 aromatic carbocycles. The molecule has 4 aromatic rings. The van der Waals surface area contributed by atoms with Crippen LogP contribution in [-0.2, 0) is 22.5 Å². The Kier molecular flexibility index (Phi) is 10.3. The van der Waals surface area contributed by atoms with Crippen molar-refractivity contribution in [1.82, 2.24) is 4.90 Å². The van der Waals surface area contributed by atoms with Gasteiger partial charge in [0.1, 0.15) is 11.5 Å². The highest BCUT2D eigenvalue weighted by atomic mass is 16.5. The number of carbonyl (C=O) groups excluding carboxylic acids is 1. The average molecular weight is 662 g/mol. The van der Waals surface area contributed by atoms with Crippen LogP contribution in [0.1, 0.15) is 52.2 Å². The van der Waals surface area contributed by atoms with Gasteiger partial charge in [0, 0.05) is 12.6 Å². The highest BCUT2D eigenvalue weighted by Gasteiger charge is 2.34. The number of nitrogens with zero attached hydrogens (tertiary/aromatic N) is 1. The molecule has 0 bridgehead atoms. The summed E-state index contributed by atoms with van der Waals surface area (Å²) in [5.74, 6) is 0.492. The molecule has 0 fully saturated rings. The minimum absolute atomic E-state index is 0.0485. The molecule has 2 heterocycles. The molecule has 1 aliphatic rings. The van der Waals surface area contributed by atoms with Crippen LogP contribution < -0.4 is 29.1 Å². The molecule has 0 spiro atoms. The number of ether oxygens (including phenoxy) is 6. The SMILES string of the molecule is COC(=O)C[C@H](c1cccc(O)c1)c1oc(CN2CCc3cc(OC)c(OC)cc3[C@H]2c2cc(OC)c(OC)c(OC)c2)cc(=O)c1O. The van der Waals surface area contributed by atoms with Crippen molar-refractivity contribution >= 4 is 5.97 Å². The normalized spacial score (nSPS) is 14.8. The molecular formula is C36H39NO11. The first-order chi connectivity index (χ1) is 23.1. The summed E-state index contributed by atoms with van der Waals surface area (Å²) in [6, 6.07) is 14.7. The molecule has 1 aliphatic heterocycles. The van der Waals surface area contributed by atoms with Gasteiger partial charge in [-0.25, -0.2) is 0 Å². The van der Waals surface area contributed by atoms with Crippen molar-refractivity contribution in [3.05, 3.63) is 98.6 Å². The second kappa shape index (κ2) is 14.6. The van der Waals surface area contributed by atoms with Gasteiger partial charge in [-0.2, -0.15) is 0 Å². The molecule has 5 rings (SSSR count). The number of methoxy groups -OCH3 is 6. The van der Waals surface area contributed by atoms with Crippen LogP contribution in [0.4, 0.5) is 0 Å². The lowest BCUT2D eigenvalue weighted by molar-refractivity contribution is -0.140. The summed E-state index contributed by atoms with van der Waals surface area (Å²) in [7, 11) is 9.04. The van der Waals surface area contributed by atoms with E-state index in [2.05, 4.69) is 4.90 Å². The fourth-order valence-corrected chi connectivity index (χ4v) is 6.24. The standard InChI is InChI=1S/C36H39NO11/c1-42-28-13-21-10-11-37(33(25(21)17-29(28)43-2)22-14-30(44-3)36(47-6)31(15-22)45-4)19-24-16-27(39)34(41)35(48-24)26(18-32(40)46-5)20-8-7-9-23(38)12-20/h7-9,12-17,26,33,38,41H,10-11,18-19H2,1-6H3/t26-,33-/m1/s1. The smallest absolute Gasteiger partial charge is 0.306 e. The largest absolute Gasteiger partial charge is 0.508 e. The van der Waals surface area contributed by atoms with Gasteiger partial charge in [0.2, 0.25) is 16.9 Å². The van der Waals surface area contributed by atoms with Gasteiger partial charge in [-0.3, -0.25) is 14.5 Å². The van der Waals surface area contributed by atoms with Crippen LogP contribution in [0.5, 0.6) is 40.2 Å². The third kappa shape index (κ3) is 6.70. The fourth-order valence-electron chi connectivity index (χ4n) is 6.24. The van der Waals surface area contributed by atoms with Crippen molar-refractivity contribution in [1.29, 1.82) is 0 Å². The van der Waals surface area contributed by atoms with Crippen molar-refractivity contribution in [2.45, 2.75) is 31.3 Å². The van der Waals surface area contributed by atoms with Crippen LogP contribution >= 0.6 is 0 Å². The highest BCUT2D eigenvalue weighted by molar-refractivity contribution is 5.71. The van der Waals surface area contributed by atoms with Gasteiger partial charge in [-0.15, -0.1) is 0 Å². The molecule has 0 saturated carbocycles. The molecule has 12 heteroatoms. The van der Waals surface area contributed by atoms with E-state index in [4.69, 9.17) is 32.8 Å². The van der Waals surface area contributed by atoms with Crippen molar-refractivity contribution in [2.24, 2.45) is 0 Å². The summed E-state index contributed by atoms with van der Waals surface area (Å²) in [5, 5.41) is 21.1. The van der Waals surface area contributed by atoms with Gasteiger partial charge in [-0.1, -0.05) is 12.1 Å². The first-order valence-electron chi connectivity index (χ1n) is 15.2. The van der Waals surface area contributed by atoms with Crippen molar-refractivity contribution < 1.29 is 47.8 Å². The van der Waals surface area contributed by atoms with E-state index in [1.165, 1.54) is 32.4 Å². The molecular weight excluding hydrogens is 622 g/mol. The van der Waals surface area contributed by atoms with Crippen molar-refractivity contribution in [3.8, 4) is 40.2 Å². The summed E-state index contributed by atoms with van der Waals surface area (Å²) in [4.78, 5) is 27.8. The van der Waals surface area contributed by atoms with Crippen molar-refractivity contribution in [2.75, 3.05) is 49.2 Å². The number of carbonyl (C=O) groups is 1. The molecule has 0 unspecified atom stereocenters. The molecule has 0 radical (unpaired) electrons. The lowest BCUT2D eigenvalue weighted by Crippen LogP contribution is -2.36. The van der Waals surface area contributed by atoms with Gasteiger partial charge >= 0.3 is 5.97 Å². The third-order valence-electron chi connectivity index (χ3n) is 8.52. The van der Waals surface area contributed by atoms with E-state index in [1.54, 1.807) is 40.6 Å². The number of fused-ring (bicyclic) bond motifs is 1. The molecule has 1 aromatic heterocycles. The van der Waals surface area contributed by atoms with Crippen molar-refractivity contribution in [3.63, 3.8) is 0 Å². The maximum Gasteiger partial charge on any atom is 0.306 e. The first-order valence-corrected chi connectivity index (χ1v) is 15.2. The Bertz CT molecular complexity index is 1830. The molecule has 0 saturated heterocycles. The minimum atomic E-state index is -0.915. The Balaban J connectivity index is 1.65. The minimum Gasteiger partial charge on any atom is -0.508 e. The molecule has 0 amide bonds. The first kappa shape index (κ1) is 34.0. The molecule has 0 aliphatic carbocycles. The second-order valence-corrected chi connectivity index (χ2v) is 11.2. The Morgan fingerprint density at radius 1 is 0.875 bits per heavy atom. The van der Waals surface area contributed by atoms with E-state index in [0.717, 1.165) is 16.7 Å². The lowest BCUT2D eigenvalue weighted by Gasteiger charge is -2.38. The maximum atomic E-state index is 13.2. The van der Waals surface area contributed by atoms with Crippen LogP contribution in [0.3, 0.4) is 0 Å². The quantitative estimate of drug-likeness (QED) is 0.198. The molecule has 12 nitrogen and oxygen atoms in total.